The number of nitrogen functional groups attached to an aromatic ring is 1. The molecule has 3 aromatic heterocycles. The van der Waals surface area contributed by atoms with Crippen LogP contribution >= 0.6 is 0 Å². The van der Waals surface area contributed by atoms with E-state index in [2.05, 4.69) is 49.0 Å². The van der Waals surface area contributed by atoms with Crippen LogP contribution in [0.1, 0.15) is 0 Å². The van der Waals surface area contributed by atoms with E-state index >= 15 is 0 Å². The van der Waals surface area contributed by atoms with Gasteiger partial charge in [0, 0.05) is 43.6 Å². The fourth-order valence-corrected chi connectivity index (χ4v) is 3.74. The largest absolute Gasteiger partial charge is 0.384 e. The molecule has 0 unspecified atom stereocenters. The van der Waals surface area contributed by atoms with Gasteiger partial charge in [-0.1, -0.05) is 18.2 Å². The Morgan fingerprint density at radius 1 is 0.793 bits per heavy atom. The van der Waals surface area contributed by atoms with Gasteiger partial charge >= 0.3 is 0 Å². The molecule has 144 valence electrons. The van der Waals surface area contributed by atoms with E-state index in [1.807, 2.05) is 30.3 Å². The molecule has 7 nitrogen and oxygen atoms in total. The van der Waals surface area contributed by atoms with Crippen molar-refractivity contribution in [1.82, 2.24) is 19.9 Å². The van der Waals surface area contributed by atoms with Crippen LogP contribution in [0, 0.1) is 0 Å². The molecule has 0 bridgehead atoms. The second-order valence-electron chi connectivity index (χ2n) is 7.04. The monoisotopic (exact) mass is 383 g/mol. The van der Waals surface area contributed by atoms with Gasteiger partial charge in [-0.2, -0.15) is 0 Å². The van der Waals surface area contributed by atoms with Crippen molar-refractivity contribution in [3.63, 3.8) is 0 Å². The number of nitrogens with two attached hydrogens (primary N) is 1. The van der Waals surface area contributed by atoms with E-state index in [1.54, 1.807) is 12.5 Å². The molecule has 0 atom stereocenters. The SMILES string of the molecule is Nc1cc(-c2ccc3ncnc(N4CCN(c5ccccc5)CC4)c3n2)ccn1. The lowest BCUT2D eigenvalue weighted by Gasteiger charge is -2.36. The zero-order chi connectivity index (χ0) is 19.6. The molecule has 1 aliphatic heterocycles. The molecule has 0 radical (unpaired) electrons. The second-order valence-corrected chi connectivity index (χ2v) is 7.04. The van der Waals surface area contributed by atoms with Gasteiger partial charge in [0.05, 0.1) is 11.2 Å². The number of anilines is 3. The number of hydrogen-bond acceptors (Lipinski definition) is 7. The molecule has 2 N–H and O–H groups in total. The Bertz CT molecular complexity index is 1140. The summed E-state index contributed by atoms with van der Waals surface area (Å²) in [7, 11) is 0. The third-order valence-corrected chi connectivity index (χ3v) is 5.24. The number of para-hydroxylation sites is 1. The van der Waals surface area contributed by atoms with Crippen LogP contribution in [-0.2, 0) is 0 Å². The molecule has 0 saturated carbocycles. The molecule has 5 rings (SSSR count). The summed E-state index contributed by atoms with van der Waals surface area (Å²) in [5, 5.41) is 0. The maximum Gasteiger partial charge on any atom is 0.158 e. The van der Waals surface area contributed by atoms with Gasteiger partial charge in [0.15, 0.2) is 5.82 Å². The van der Waals surface area contributed by atoms with Crippen LogP contribution in [0.2, 0.25) is 0 Å². The topological polar surface area (TPSA) is 84.1 Å². The minimum Gasteiger partial charge on any atom is -0.384 e. The lowest BCUT2D eigenvalue weighted by Crippen LogP contribution is -2.47. The molecular formula is C22H21N7. The highest BCUT2D eigenvalue weighted by Crippen LogP contribution is 2.27. The van der Waals surface area contributed by atoms with E-state index in [1.165, 1.54) is 5.69 Å². The Labute approximate surface area is 168 Å². The van der Waals surface area contributed by atoms with Gasteiger partial charge in [-0.25, -0.2) is 19.9 Å². The maximum absolute atomic E-state index is 5.84. The summed E-state index contributed by atoms with van der Waals surface area (Å²) in [4.78, 5) is 22.6. The Morgan fingerprint density at radius 3 is 2.38 bits per heavy atom. The van der Waals surface area contributed by atoms with Gasteiger partial charge in [0.2, 0.25) is 0 Å². The molecule has 4 aromatic rings. The molecule has 1 saturated heterocycles. The number of pyridine rings is 2. The third kappa shape index (κ3) is 3.42. The lowest BCUT2D eigenvalue weighted by atomic mass is 10.1. The fourth-order valence-electron chi connectivity index (χ4n) is 3.74. The minimum absolute atomic E-state index is 0.478. The lowest BCUT2D eigenvalue weighted by molar-refractivity contribution is 0.648. The molecule has 0 spiro atoms. The first-order valence-corrected chi connectivity index (χ1v) is 9.66. The smallest absolute Gasteiger partial charge is 0.158 e. The number of rotatable bonds is 3. The normalized spacial score (nSPS) is 14.3. The molecule has 4 heterocycles. The Hall–Kier alpha value is -3.74. The van der Waals surface area contributed by atoms with Crippen LogP contribution in [0.4, 0.5) is 17.3 Å². The van der Waals surface area contributed by atoms with E-state index in [9.17, 15) is 0 Å². The Balaban J connectivity index is 1.45. The highest BCUT2D eigenvalue weighted by atomic mass is 15.3. The molecule has 0 amide bonds. The summed E-state index contributed by atoms with van der Waals surface area (Å²) >= 11 is 0. The van der Waals surface area contributed by atoms with Crippen LogP contribution in [-0.4, -0.2) is 46.1 Å². The Morgan fingerprint density at radius 2 is 1.59 bits per heavy atom. The number of nitrogens with zero attached hydrogens (tertiary/aromatic N) is 6. The van der Waals surface area contributed by atoms with E-state index < -0.39 is 0 Å². The van der Waals surface area contributed by atoms with E-state index in [4.69, 9.17) is 10.7 Å². The highest BCUT2D eigenvalue weighted by Gasteiger charge is 2.21. The summed E-state index contributed by atoms with van der Waals surface area (Å²) in [6, 6.07) is 18.2. The highest BCUT2D eigenvalue weighted by molar-refractivity contribution is 5.87. The maximum atomic E-state index is 5.84. The van der Waals surface area contributed by atoms with Gasteiger partial charge in [-0.05, 0) is 36.4 Å². The number of fused-ring (bicyclic) bond motifs is 1. The fraction of sp³-hybridized carbons (Fsp3) is 0.182. The van der Waals surface area contributed by atoms with Gasteiger partial charge in [0.25, 0.3) is 0 Å². The van der Waals surface area contributed by atoms with Crippen LogP contribution in [0.15, 0.2) is 67.1 Å². The van der Waals surface area contributed by atoms with Crippen molar-refractivity contribution in [3.05, 3.63) is 67.1 Å². The first-order valence-electron chi connectivity index (χ1n) is 9.66. The van der Waals surface area contributed by atoms with Crippen LogP contribution in [0.3, 0.4) is 0 Å². The molecule has 1 aliphatic rings. The summed E-state index contributed by atoms with van der Waals surface area (Å²) < 4.78 is 0. The van der Waals surface area contributed by atoms with Gasteiger partial charge < -0.3 is 15.5 Å². The average molecular weight is 383 g/mol. The van der Waals surface area contributed by atoms with Crippen molar-refractivity contribution >= 4 is 28.4 Å². The van der Waals surface area contributed by atoms with Gasteiger partial charge in [0.1, 0.15) is 17.7 Å². The molecule has 1 fully saturated rings. The summed E-state index contributed by atoms with van der Waals surface area (Å²) in [6.45, 7) is 3.65. The number of hydrogen-bond donors (Lipinski definition) is 1. The predicted molar refractivity (Wildman–Crippen MR) is 116 cm³/mol. The van der Waals surface area contributed by atoms with Gasteiger partial charge in [-0.3, -0.25) is 0 Å². The van der Waals surface area contributed by atoms with Crippen molar-refractivity contribution in [2.45, 2.75) is 0 Å². The third-order valence-electron chi connectivity index (χ3n) is 5.24. The van der Waals surface area contributed by atoms with Crippen LogP contribution in [0.5, 0.6) is 0 Å². The van der Waals surface area contributed by atoms with E-state index in [0.29, 0.717) is 5.82 Å². The predicted octanol–water partition coefficient (Wildman–Crippen LogP) is 3.00. The van der Waals surface area contributed by atoms with Crippen molar-refractivity contribution in [3.8, 4) is 11.3 Å². The average Bonchev–Trinajstić information content (AvgIpc) is 2.79. The summed E-state index contributed by atoms with van der Waals surface area (Å²) in [6.07, 6.45) is 3.31. The van der Waals surface area contributed by atoms with Crippen LogP contribution < -0.4 is 15.5 Å². The standard InChI is InChI=1S/C22H21N7/c23-20-14-16(8-9-24-20)18-6-7-19-21(27-18)22(26-15-25-19)29-12-10-28(11-13-29)17-4-2-1-3-5-17/h1-9,14-15H,10-13H2,(H2,23,24). The summed E-state index contributed by atoms with van der Waals surface area (Å²) in [5.74, 6) is 1.36. The number of piperazine rings is 1. The van der Waals surface area contributed by atoms with Crippen molar-refractivity contribution in [2.24, 2.45) is 0 Å². The molecule has 1 aromatic carbocycles. The van der Waals surface area contributed by atoms with Gasteiger partial charge in [-0.15, -0.1) is 0 Å². The first kappa shape index (κ1) is 17.4. The molecular weight excluding hydrogens is 362 g/mol. The first-order chi connectivity index (χ1) is 14.3. The van der Waals surface area contributed by atoms with Crippen LogP contribution in [0.25, 0.3) is 22.3 Å². The molecule has 29 heavy (non-hydrogen) atoms. The number of benzene rings is 1. The Kier molecular flexibility index (Phi) is 4.40. The van der Waals surface area contributed by atoms with Crippen molar-refractivity contribution in [1.29, 1.82) is 0 Å². The number of aromatic nitrogens is 4. The summed E-state index contributed by atoms with van der Waals surface area (Å²) in [5.41, 5.74) is 10.5. The zero-order valence-electron chi connectivity index (χ0n) is 15.9. The minimum atomic E-state index is 0.478. The van der Waals surface area contributed by atoms with E-state index in [0.717, 1.165) is 54.3 Å². The zero-order valence-corrected chi connectivity index (χ0v) is 15.9. The quantitative estimate of drug-likeness (QED) is 0.582. The molecule has 0 aliphatic carbocycles. The van der Waals surface area contributed by atoms with Crippen molar-refractivity contribution < 1.29 is 0 Å². The van der Waals surface area contributed by atoms with Crippen molar-refractivity contribution in [2.75, 3.05) is 41.7 Å². The second kappa shape index (κ2) is 7.35. The molecule has 7 heteroatoms. The van der Waals surface area contributed by atoms with E-state index in [-0.39, 0.29) is 0 Å².